The summed E-state index contributed by atoms with van der Waals surface area (Å²) in [4.78, 5) is 14.8. The molecule has 2 N–H and O–H groups in total. The van der Waals surface area contributed by atoms with Gasteiger partial charge in [0.15, 0.2) is 0 Å². The van der Waals surface area contributed by atoms with Crippen LogP contribution in [0.4, 0.5) is 5.82 Å². The van der Waals surface area contributed by atoms with Crippen molar-refractivity contribution in [3.05, 3.63) is 22.8 Å². The number of carboxylic acid groups (broad SMARTS) is 1. The molecule has 1 saturated heterocycles. The van der Waals surface area contributed by atoms with Crippen LogP contribution in [-0.4, -0.2) is 34.8 Å². The van der Waals surface area contributed by atoms with E-state index in [2.05, 4.69) is 10.3 Å². The Morgan fingerprint density at radius 3 is 3.00 bits per heavy atom. The third-order valence-electron chi connectivity index (χ3n) is 2.95. The SMILES string of the molecule is CC1(Nc2ncc(C(=O)O)cc2Cl)CCCOC1. The molecule has 0 radical (unpaired) electrons. The van der Waals surface area contributed by atoms with Crippen LogP contribution in [0.5, 0.6) is 0 Å². The number of anilines is 1. The summed E-state index contributed by atoms with van der Waals surface area (Å²) in [5, 5.41) is 12.4. The van der Waals surface area contributed by atoms with Crippen LogP contribution in [0.3, 0.4) is 0 Å². The molecule has 1 fully saturated rings. The number of aromatic carboxylic acids is 1. The van der Waals surface area contributed by atoms with Crippen LogP contribution < -0.4 is 5.32 Å². The van der Waals surface area contributed by atoms with Crippen molar-refractivity contribution in [1.82, 2.24) is 4.98 Å². The van der Waals surface area contributed by atoms with E-state index in [1.165, 1.54) is 12.3 Å². The van der Waals surface area contributed by atoms with E-state index < -0.39 is 5.97 Å². The van der Waals surface area contributed by atoms with Gasteiger partial charge >= 0.3 is 5.97 Å². The summed E-state index contributed by atoms with van der Waals surface area (Å²) < 4.78 is 5.43. The summed E-state index contributed by atoms with van der Waals surface area (Å²) in [6.45, 7) is 3.40. The Morgan fingerprint density at radius 2 is 2.44 bits per heavy atom. The molecule has 0 aliphatic carbocycles. The van der Waals surface area contributed by atoms with Gasteiger partial charge in [-0.25, -0.2) is 9.78 Å². The van der Waals surface area contributed by atoms with E-state index in [4.69, 9.17) is 21.4 Å². The lowest BCUT2D eigenvalue weighted by Crippen LogP contribution is -2.43. The molecule has 0 aromatic carbocycles. The summed E-state index contributed by atoms with van der Waals surface area (Å²) >= 11 is 6.03. The number of hydrogen-bond donors (Lipinski definition) is 2. The number of hydrogen-bond acceptors (Lipinski definition) is 4. The van der Waals surface area contributed by atoms with Crippen LogP contribution in [-0.2, 0) is 4.74 Å². The fourth-order valence-corrected chi connectivity index (χ4v) is 2.18. The maximum Gasteiger partial charge on any atom is 0.337 e. The first-order valence-electron chi connectivity index (χ1n) is 5.75. The lowest BCUT2D eigenvalue weighted by molar-refractivity contribution is 0.0539. The minimum absolute atomic E-state index is 0.0793. The monoisotopic (exact) mass is 270 g/mol. The second-order valence-electron chi connectivity index (χ2n) is 4.70. The second kappa shape index (κ2) is 5.12. The van der Waals surface area contributed by atoms with Gasteiger partial charge in [0, 0.05) is 12.8 Å². The molecule has 6 heteroatoms. The lowest BCUT2D eigenvalue weighted by atomic mass is 9.95. The molecular formula is C12H15ClN2O3. The summed E-state index contributed by atoms with van der Waals surface area (Å²) in [5.74, 6) is -0.544. The van der Waals surface area contributed by atoms with Gasteiger partial charge in [-0.3, -0.25) is 0 Å². The highest BCUT2D eigenvalue weighted by Gasteiger charge is 2.28. The second-order valence-corrected chi connectivity index (χ2v) is 5.11. The Morgan fingerprint density at radius 1 is 1.67 bits per heavy atom. The van der Waals surface area contributed by atoms with Crippen LogP contribution >= 0.6 is 11.6 Å². The van der Waals surface area contributed by atoms with Crippen molar-refractivity contribution in [2.24, 2.45) is 0 Å². The Bertz CT molecular complexity index is 459. The largest absolute Gasteiger partial charge is 0.478 e. The molecule has 0 saturated carbocycles. The van der Waals surface area contributed by atoms with Gasteiger partial charge < -0.3 is 15.2 Å². The number of carboxylic acids is 1. The molecule has 1 aliphatic heterocycles. The number of rotatable bonds is 3. The fourth-order valence-electron chi connectivity index (χ4n) is 1.97. The predicted molar refractivity (Wildman–Crippen MR) is 68.3 cm³/mol. The highest BCUT2D eigenvalue weighted by Crippen LogP contribution is 2.27. The zero-order valence-corrected chi connectivity index (χ0v) is 10.8. The normalized spacial score (nSPS) is 23.7. The molecule has 0 spiro atoms. The zero-order valence-electron chi connectivity index (χ0n) is 10.1. The first kappa shape index (κ1) is 13.1. The van der Waals surface area contributed by atoms with Gasteiger partial charge in [0.05, 0.1) is 22.7 Å². The van der Waals surface area contributed by atoms with Gasteiger partial charge in [0.1, 0.15) is 5.82 Å². The molecule has 98 valence electrons. The maximum atomic E-state index is 10.8. The molecule has 18 heavy (non-hydrogen) atoms. The highest BCUT2D eigenvalue weighted by molar-refractivity contribution is 6.33. The van der Waals surface area contributed by atoms with Crippen molar-refractivity contribution in [1.29, 1.82) is 0 Å². The van der Waals surface area contributed by atoms with E-state index >= 15 is 0 Å². The van der Waals surface area contributed by atoms with E-state index in [-0.39, 0.29) is 11.1 Å². The topological polar surface area (TPSA) is 71.5 Å². The molecule has 2 rings (SSSR count). The number of nitrogens with zero attached hydrogens (tertiary/aromatic N) is 1. The Labute approximate surface area is 110 Å². The van der Waals surface area contributed by atoms with Gasteiger partial charge in [0.2, 0.25) is 0 Å². The van der Waals surface area contributed by atoms with Crippen molar-refractivity contribution >= 4 is 23.4 Å². The van der Waals surface area contributed by atoms with E-state index in [1.807, 2.05) is 6.92 Å². The summed E-state index contributed by atoms with van der Waals surface area (Å²) in [6, 6.07) is 1.40. The average molecular weight is 271 g/mol. The lowest BCUT2D eigenvalue weighted by Gasteiger charge is -2.35. The first-order valence-corrected chi connectivity index (χ1v) is 6.13. The van der Waals surface area contributed by atoms with Gasteiger partial charge in [-0.15, -0.1) is 0 Å². The standard InChI is InChI=1S/C12H15ClN2O3/c1-12(3-2-4-18-7-12)15-10-9(13)5-8(6-14-10)11(16)17/h5-6H,2-4,7H2,1H3,(H,14,15)(H,16,17). The maximum absolute atomic E-state index is 10.8. The van der Waals surface area contributed by atoms with Gasteiger partial charge in [-0.2, -0.15) is 0 Å². The minimum atomic E-state index is -1.04. The van der Waals surface area contributed by atoms with Crippen LogP contribution in [0, 0.1) is 0 Å². The van der Waals surface area contributed by atoms with Crippen LogP contribution in [0.1, 0.15) is 30.1 Å². The smallest absolute Gasteiger partial charge is 0.337 e. The molecule has 0 amide bonds. The number of pyridine rings is 1. The van der Waals surface area contributed by atoms with Crippen molar-refractivity contribution in [3.8, 4) is 0 Å². The quantitative estimate of drug-likeness (QED) is 0.883. The third-order valence-corrected chi connectivity index (χ3v) is 3.23. The highest BCUT2D eigenvalue weighted by atomic mass is 35.5. The van der Waals surface area contributed by atoms with E-state index in [0.29, 0.717) is 17.4 Å². The minimum Gasteiger partial charge on any atom is -0.478 e. The molecular weight excluding hydrogens is 256 g/mol. The Kier molecular flexibility index (Phi) is 3.73. The van der Waals surface area contributed by atoms with E-state index in [9.17, 15) is 4.79 Å². The van der Waals surface area contributed by atoms with Gasteiger partial charge in [-0.1, -0.05) is 11.6 Å². The molecule has 0 bridgehead atoms. The van der Waals surface area contributed by atoms with Crippen molar-refractivity contribution in [3.63, 3.8) is 0 Å². The van der Waals surface area contributed by atoms with Crippen LogP contribution in [0.25, 0.3) is 0 Å². The molecule has 1 atom stereocenters. The van der Waals surface area contributed by atoms with E-state index in [0.717, 1.165) is 19.4 Å². The fraction of sp³-hybridized carbons (Fsp3) is 0.500. The number of nitrogens with one attached hydrogen (secondary N) is 1. The zero-order chi connectivity index (χ0) is 13.2. The number of ether oxygens (including phenoxy) is 1. The third kappa shape index (κ3) is 2.91. The molecule has 5 nitrogen and oxygen atoms in total. The van der Waals surface area contributed by atoms with Crippen molar-refractivity contribution < 1.29 is 14.6 Å². The Balaban J connectivity index is 2.16. The van der Waals surface area contributed by atoms with Crippen molar-refractivity contribution in [2.75, 3.05) is 18.5 Å². The van der Waals surface area contributed by atoms with Crippen LogP contribution in [0.15, 0.2) is 12.3 Å². The average Bonchev–Trinajstić information content (AvgIpc) is 2.32. The summed E-state index contributed by atoms with van der Waals surface area (Å²) in [6.07, 6.45) is 3.24. The van der Waals surface area contributed by atoms with Gasteiger partial charge in [-0.05, 0) is 25.8 Å². The molecule has 1 aliphatic rings. The molecule has 1 aromatic rings. The predicted octanol–water partition coefficient (Wildman–Crippen LogP) is 2.41. The number of halogens is 1. The number of aromatic nitrogens is 1. The van der Waals surface area contributed by atoms with Crippen molar-refractivity contribution in [2.45, 2.75) is 25.3 Å². The molecule has 1 unspecified atom stereocenters. The Hall–Kier alpha value is -1.33. The first-order chi connectivity index (χ1) is 8.50. The van der Waals surface area contributed by atoms with E-state index in [1.54, 1.807) is 0 Å². The van der Waals surface area contributed by atoms with Crippen LogP contribution in [0.2, 0.25) is 5.02 Å². The molecule has 1 aromatic heterocycles. The summed E-state index contributed by atoms with van der Waals surface area (Å²) in [7, 11) is 0. The van der Waals surface area contributed by atoms with Gasteiger partial charge in [0.25, 0.3) is 0 Å². The number of carbonyl (C=O) groups is 1. The summed E-state index contributed by atoms with van der Waals surface area (Å²) in [5.41, 5.74) is -0.129. The molecule has 2 heterocycles.